The standard InChI is InChI=1S/C28H35N3O2S/c1-2-10-30(27(33)29-28-15-22-12-23(16-28)14-24(13-22)17-28)20-26(32)31(19-25-9-6-11-34-25)18-21-7-4-3-5-8-21/h2-9,11,22-24H,1,10,12-20H2,(H,29,33). The molecule has 1 aromatic heterocycles. The van der Waals surface area contributed by atoms with Crippen molar-refractivity contribution in [2.75, 3.05) is 13.1 Å². The van der Waals surface area contributed by atoms with E-state index in [1.165, 1.54) is 19.3 Å². The van der Waals surface area contributed by atoms with E-state index < -0.39 is 0 Å². The number of amides is 3. The summed E-state index contributed by atoms with van der Waals surface area (Å²) in [6.07, 6.45) is 9.01. The van der Waals surface area contributed by atoms with Gasteiger partial charge in [0.2, 0.25) is 5.91 Å². The Labute approximate surface area is 206 Å². The monoisotopic (exact) mass is 477 g/mol. The molecule has 2 aromatic rings. The van der Waals surface area contributed by atoms with Crippen LogP contribution in [0.15, 0.2) is 60.5 Å². The molecule has 4 bridgehead atoms. The molecular formula is C28H35N3O2S. The van der Waals surface area contributed by atoms with E-state index in [0.717, 1.165) is 47.5 Å². The molecule has 0 atom stereocenters. The van der Waals surface area contributed by atoms with Crippen LogP contribution in [0, 0.1) is 17.8 Å². The van der Waals surface area contributed by atoms with Crippen molar-refractivity contribution in [1.82, 2.24) is 15.1 Å². The molecule has 1 heterocycles. The third-order valence-electron chi connectivity index (χ3n) is 7.87. The molecule has 3 amide bonds. The van der Waals surface area contributed by atoms with Crippen LogP contribution in [-0.4, -0.2) is 40.4 Å². The summed E-state index contributed by atoms with van der Waals surface area (Å²) in [5.41, 5.74) is 1.01. The highest BCUT2D eigenvalue weighted by Gasteiger charge is 2.51. The van der Waals surface area contributed by atoms with Gasteiger partial charge in [-0.2, -0.15) is 0 Å². The number of nitrogens with zero attached hydrogens (tertiary/aromatic N) is 2. The van der Waals surface area contributed by atoms with Crippen LogP contribution in [0.1, 0.15) is 49.0 Å². The van der Waals surface area contributed by atoms with Gasteiger partial charge in [-0.25, -0.2) is 4.79 Å². The molecule has 4 aliphatic rings. The van der Waals surface area contributed by atoms with Crippen molar-refractivity contribution in [2.45, 2.75) is 57.2 Å². The number of carbonyl (C=O) groups excluding carboxylic acids is 2. The number of rotatable bonds is 9. The fourth-order valence-electron chi connectivity index (χ4n) is 6.83. The molecule has 6 rings (SSSR count). The number of thiophene rings is 1. The van der Waals surface area contributed by atoms with Crippen LogP contribution in [0.25, 0.3) is 0 Å². The summed E-state index contributed by atoms with van der Waals surface area (Å²) in [4.78, 5) is 31.6. The van der Waals surface area contributed by atoms with E-state index in [4.69, 9.17) is 0 Å². The average Bonchev–Trinajstić information content (AvgIpc) is 3.31. The summed E-state index contributed by atoms with van der Waals surface area (Å²) in [7, 11) is 0. The second-order valence-corrected chi connectivity index (χ2v) is 11.6. The first kappa shape index (κ1) is 23.2. The van der Waals surface area contributed by atoms with Gasteiger partial charge in [-0.3, -0.25) is 4.79 Å². The molecule has 5 nitrogen and oxygen atoms in total. The van der Waals surface area contributed by atoms with Gasteiger partial charge < -0.3 is 15.1 Å². The smallest absolute Gasteiger partial charge is 0.318 e. The number of hydrogen-bond acceptors (Lipinski definition) is 3. The first-order chi connectivity index (χ1) is 16.5. The Balaban J connectivity index is 1.28. The minimum atomic E-state index is -0.119. The number of urea groups is 1. The van der Waals surface area contributed by atoms with Gasteiger partial charge in [-0.1, -0.05) is 42.5 Å². The Morgan fingerprint density at radius 2 is 1.65 bits per heavy atom. The second-order valence-electron chi connectivity index (χ2n) is 10.6. The second kappa shape index (κ2) is 9.95. The summed E-state index contributed by atoms with van der Waals surface area (Å²) in [6.45, 7) is 5.34. The van der Waals surface area contributed by atoms with E-state index in [9.17, 15) is 9.59 Å². The van der Waals surface area contributed by atoms with Gasteiger partial charge in [0.25, 0.3) is 0 Å². The molecule has 0 radical (unpaired) electrons. The first-order valence-electron chi connectivity index (χ1n) is 12.5. The molecule has 0 spiro atoms. The molecule has 1 N–H and O–H groups in total. The lowest BCUT2D eigenvalue weighted by Gasteiger charge is -2.57. The predicted octanol–water partition coefficient (Wildman–Crippen LogP) is 5.44. The van der Waals surface area contributed by atoms with Crippen LogP contribution in [0.3, 0.4) is 0 Å². The fraction of sp³-hybridized carbons (Fsp3) is 0.500. The third kappa shape index (κ3) is 5.22. The lowest BCUT2D eigenvalue weighted by molar-refractivity contribution is -0.133. The molecule has 1 aromatic carbocycles. The quantitative estimate of drug-likeness (QED) is 0.489. The van der Waals surface area contributed by atoms with E-state index in [1.807, 2.05) is 46.7 Å². The fourth-order valence-corrected chi connectivity index (χ4v) is 7.55. The zero-order chi connectivity index (χ0) is 23.5. The van der Waals surface area contributed by atoms with Crippen LogP contribution < -0.4 is 5.32 Å². The Morgan fingerprint density at radius 1 is 0.971 bits per heavy atom. The maximum Gasteiger partial charge on any atom is 0.318 e. The topological polar surface area (TPSA) is 52.7 Å². The van der Waals surface area contributed by atoms with Crippen molar-refractivity contribution in [2.24, 2.45) is 17.8 Å². The van der Waals surface area contributed by atoms with Gasteiger partial charge in [0.15, 0.2) is 0 Å². The van der Waals surface area contributed by atoms with Gasteiger partial charge in [0.1, 0.15) is 6.54 Å². The third-order valence-corrected chi connectivity index (χ3v) is 8.73. The minimum absolute atomic E-state index is 0.0419. The number of hydrogen-bond donors (Lipinski definition) is 1. The van der Waals surface area contributed by atoms with Crippen molar-refractivity contribution in [3.05, 3.63) is 70.9 Å². The zero-order valence-corrected chi connectivity index (χ0v) is 20.6. The van der Waals surface area contributed by atoms with Crippen molar-refractivity contribution in [3.63, 3.8) is 0 Å². The Bertz CT molecular complexity index is 969. The lowest BCUT2D eigenvalue weighted by atomic mass is 9.53. The zero-order valence-electron chi connectivity index (χ0n) is 19.8. The van der Waals surface area contributed by atoms with E-state index in [0.29, 0.717) is 19.6 Å². The Hall–Kier alpha value is -2.60. The van der Waals surface area contributed by atoms with Gasteiger partial charge in [-0.05, 0) is 73.3 Å². The SMILES string of the molecule is C=CCN(CC(=O)N(Cc1ccccc1)Cc1cccs1)C(=O)NC12CC3CC(CC(C3)C1)C2. The first-order valence-corrected chi connectivity index (χ1v) is 13.4. The highest BCUT2D eigenvalue weighted by molar-refractivity contribution is 7.09. The summed E-state index contributed by atoms with van der Waals surface area (Å²) in [5.74, 6) is 2.23. The molecule has 0 saturated heterocycles. The molecule has 4 fully saturated rings. The van der Waals surface area contributed by atoms with E-state index in [1.54, 1.807) is 22.3 Å². The van der Waals surface area contributed by atoms with Crippen LogP contribution in [-0.2, 0) is 17.9 Å². The highest BCUT2D eigenvalue weighted by atomic mass is 32.1. The maximum absolute atomic E-state index is 13.5. The lowest BCUT2D eigenvalue weighted by Crippen LogP contribution is -2.62. The van der Waals surface area contributed by atoms with Crippen LogP contribution in [0.2, 0.25) is 0 Å². The van der Waals surface area contributed by atoms with Crippen molar-refractivity contribution >= 4 is 23.3 Å². The molecule has 0 aliphatic heterocycles. The molecule has 4 saturated carbocycles. The largest absolute Gasteiger partial charge is 0.333 e. The minimum Gasteiger partial charge on any atom is -0.333 e. The number of benzene rings is 1. The Morgan fingerprint density at radius 3 is 2.24 bits per heavy atom. The average molecular weight is 478 g/mol. The molecule has 0 unspecified atom stereocenters. The van der Waals surface area contributed by atoms with Gasteiger partial charge in [0.05, 0.1) is 6.54 Å². The predicted molar refractivity (Wildman–Crippen MR) is 136 cm³/mol. The van der Waals surface area contributed by atoms with Crippen LogP contribution in [0.5, 0.6) is 0 Å². The number of carbonyl (C=O) groups is 2. The summed E-state index contributed by atoms with van der Waals surface area (Å²) in [5, 5.41) is 5.45. The van der Waals surface area contributed by atoms with Crippen LogP contribution in [0.4, 0.5) is 4.79 Å². The molecular weight excluding hydrogens is 442 g/mol. The van der Waals surface area contributed by atoms with Crippen LogP contribution >= 0.6 is 11.3 Å². The summed E-state index contributed by atoms with van der Waals surface area (Å²) < 4.78 is 0. The van der Waals surface area contributed by atoms with Gasteiger partial charge >= 0.3 is 6.03 Å². The maximum atomic E-state index is 13.5. The van der Waals surface area contributed by atoms with E-state index in [-0.39, 0.29) is 24.0 Å². The van der Waals surface area contributed by atoms with Gasteiger partial charge in [-0.15, -0.1) is 17.9 Å². The number of nitrogens with one attached hydrogen (secondary N) is 1. The van der Waals surface area contributed by atoms with Crippen molar-refractivity contribution in [1.29, 1.82) is 0 Å². The summed E-state index contributed by atoms with van der Waals surface area (Å²) in [6, 6.07) is 14.0. The normalized spacial score (nSPS) is 26.8. The molecule has 180 valence electrons. The van der Waals surface area contributed by atoms with E-state index >= 15 is 0 Å². The highest BCUT2D eigenvalue weighted by Crippen LogP contribution is 2.55. The molecule has 4 aliphatic carbocycles. The summed E-state index contributed by atoms with van der Waals surface area (Å²) >= 11 is 1.65. The van der Waals surface area contributed by atoms with Gasteiger partial charge in [0, 0.05) is 23.5 Å². The molecule has 34 heavy (non-hydrogen) atoms. The van der Waals surface area contributed by atoms with Crippen molar-refractivity contribution < 1.29 is 9.59 Å². The van der Waals surface area contributed by atoms with E-state index in [2.05, 4.69) is 18.0 Å². The molecule has 6 heteroatoms. The van der Waals surface area contributed by atoms with Crippen molar-refractivity contribution in [3.8, 4) is 0 Å². The Kier molecular flexibility index (Phi) is 6.77.